The van der Waals surface area contributed by atoms with E-state index in [4.69, 9.17) is 0 Å². The lowest BCUT2D eigenvalue weighted by molar-refractivity contribution is -0.131. The highest BCUT2D eigenvalue weighted by molar-refractivity contribution is 5.85. The lowest BCUT2D eigenvalue weighted by atomic mass is 9.47. The molecule has 0 heterocycles. The monoisotopic (exact) mass is 1740 g/mol. The van der Waals surface area contributed by atoms with E-state index in [1.54, 1.807) is 76.3 Å². The van der Waals surface area contributed by atoms with Crippen molar-refractivity contribution in [3.05, 3.63) is 60.2 Å². The Morgan fingerprint density at radius 1 is 0.363 bits per heavy atom. The highest BCUT2D eigenvalue weighted by atomic mass is 16.2. The fourth-order valence-electron chi connectivity index (χ4n) is 20.5. The second-order valence-corrected chi connectivity index (χ2v) is 38.8. The molecular weight excluding hydrogens is 1550 g/mol. The largest absolute Gasteiger partial charge is 0.311 e. The average Bonchev–Trinajstić information content (AvgIpc) is 0.742. The molecule has 0 spiro atoms. The van der Waals surface area contributed by atoms with Crippen LogP contribution in [0.4, 0.5) is 0 Å². The Bertz CT molecular complexity index is 3190. The predicted molar refractivity (Wildman–Crippen MR) is 520 cm³/mol. The fraction of sp³-hybridized carbons (Fsp3) is 0.788. The van der Waals surface area contributed by atoms with Gasteiger partial charge in [-0.25, -0.2) is 0 Å². The van der Waals surface area contributed by atoms with Gasteiger partial charge < -0.3 is 53.2 Å². The Kier molecular flexibility index (Phi) is 65.0. The molecule has 0 saturated heterocycles. The normalized spacial score (nSPS) is 20.9. The molecule has 714 valence electrons. The second kappa shape index (κ2) is 67.9. The third-order valence-corrected chi connectivity index (χ3v) is 27.2. The van der Waals surface area contributed by atoms with Crippen LogP contribution in [0.1, 0.15) is 342 Å². The molecular formula is C104H188N10O10. The van der Waals surface area contributed by atoms with Crippen LogP contribution in [0.15, 0.2) is 54.6 Å². The maximum absolute atomic E-state index is 11.8. The van der Waals surface area contributed by atoms with E-state index < -0.39 is 0 Å². The summed E-state index contributed by atoms with van der Waals surface area (Å²) in [4.78, 5) is 111. The van der Waals surface area contributed by atoms with Crippen molar-refractivity contribution in [1.82, 2.24) is 53.2 Å². The van der Waals surface area contributed by atoms with E-state index in [0.717, 1.165) is 87.4 Å². The summed E-state index contributed by atoms with van der Waals surface area (Å²) in [5.41, 5.74) is 3.95. The van der Waals surface area contributed by atoms with E-state index in [9.17, 15) is 47.9 Å². The van der Waals surface area contributed by atoms with Gasteiger partial charge in [0.1, 0.15) is 57.8 Å². The van der Waals surface area contributed by atoms with Crippen LogP contribution in [0, 0.1) is 58.2 Å². The molecule has 0 radical (unpaired) electrons. The Labute approximate surface area is 757 Å². The van der Waals surface area contributed by atoms with Gasteiger partial charge in [-0.05, 0) is 330 Å². The molecule has 4 bridgehead atoms. The van der Waals surface area contributed by atoms with Crippen molar-refractivity contribution in [3.8, 4) is 11.1 Å². The summed E-state index contributed by atoms with van der Waals surface area (Å²) in [5, 5.41) is 30.6. The SMILES string of the molecule is CCCC[C@H](NC)C(C)=O.CC[C@H](NC)C(C)=O.CN[C@@H](CC1CCCCC1)C(C)=O.CN[C@@H](CCC(C)C)C(C)=O.CN[C@@H](CCC1CCCCC1)C(C)=O.CN[C@@H](Cc1ccc(-c2ccccc2)cc1)C(C)=O.CN[C@H](C(C)=O)C(C)(C)C.CN[C@H](C(C)=O)C12CC3CC(CC(C3)C1)C2.CN[C@H](C(C)=O)C1CCCC1.CN[C@H](C(C)=O)C1CCCCC1. The van der Waals surface area contributed by atoms with Crippen molar-refractivity contribution in [2.45, 2.75) is 403 Å². The minimum atomic E-state index is -0.0948. The Morgan fingerprint density at radius 3 is 1.02 bits per heavy atom. The van der Waals surface area contributed by atoms with Gasteiger partial charge >= 0.3 is 0 Å². The summed E-state index contributed by atoms with van der Waals surface area (Å²) < 4.78 is 0. The number of rotatable bonds is 38. The zero-order valence-electron chi connectivity index (χ0n) is 83.9. The van der Waals surface area contributed by atoms with E-state index >= 15 is 0 Å². The van der Waals surface area contributed by atoms with Gasteiger partial charge in [-0.15, -0.1) is 0 Å². The van der Waals surface area contributed by atoms with E-state index in [1.807, 2.05) is 88.6 Å². The molecule has 8 saturated carbocycles. The first-order chi connectivity index (χ1) is 58.7. The molecule has 2 aromatic rings. The van der Waals surface area contributed by atoms with Crippen LogP contribution in [-0.2, 0) is 54.4 Å². The van der Waals surface area contributed by atoms with Gasteiger partial charge in [0.25, 0.3) is 0 Å². The number of hydrogen-bond acceptors (Lipinski definition) is 20. The molecule has 20 heteroatoms. The first-order valence-electron chi connectivity index (χ1n) is 48.6. The minimum Gasteiger partial charge on any atom is -0.311 e. The topological polar surface area (TPSA) is 291 Å². The molecule has 8 aliphatic carbocycles. The van der Waals surface area contributed by atoms with Gasteiger partial charge in [-0.3, -0.25) is 47.9 Å². The number of carbonyl (C=O) groups is 10. The van der Waals surface area contributed by atoms with Crippen LogP contribution < -0.4 is 53.2 Å². The summed E-state index contributed by atoms with van der Waals surface area (Å²) in [6.45, 7) is 31.2. The van der Waals surface area contributed by atoms with Crippen molar-refractivity contribution >= 4 is 57.8 Å². The summed E-state index contributed by atoms with van der Waals surface area (Å²) in [6, 6.07) is 19.3. The van der Waals surface area contributed by atoms with Crippen molar-refractivity contribution < 1.29 is 47.9 Å². The van der Waals surface area contributed by atoms with Gasteiger partial charge in [0, 0.05) is 0 Å². The lowest BCUT2D eigenvalue weighted by Crippen LogP contribution is -2.57. The minimum absolute atomic E-state index is 0.0208. The second-order valence-electron chi connectivity index (χ2n) is 38.8. The zero-order chi connectivity index (χ0) is 94.1. The zero-order valence-corrected chi connectivity index (χ0v) is 83.9. The van der Waals surface area contributed by atoms with Gasteiger partial charge in [0.15, 0.2) is 0 Å². The van der Waals surface area contributed by atoms with Crippen LogP contribution in [0.5, 0.6) is 0 Å². The molecule has 0 unspecified atom stereocenters. The first kappa shape index (κ1) is 119. The molecule has 10 rings (SSSR count). The Balaban J connectivity index is 0.00000137. The number of ketones is 10. The van der Waals surface area contributed by atoms with Gasteiger partial charge in [-0.2, -0.15) is 0 Å². The summed E-state index contributed by atoms with van der Waals surface area (Å²) >= 11 is 0. The van der Waals surface area contributed by atoms with Gasteiger partial charge in [0.2, 0.25) is 0 Å². The van der Waals surface area contributed by atoms with Crippen molar-refractivity contribution in [2.24, 2.45) is 58.2 Å². The number of unbranched alkanes of at least 4 members (excludes halogenated alkanes) is 1. The molecule has 2 aromatic carbocycles. The number of carbonyl (C=O) groups excluding carboxylic acids is 10. The number of Topliss-reactive ketones (excluding diaryl/α,β-unsaturated/α-hetero) is 10. The van der Waals surface area contributed by atoms with E-state index in [2.05, 4.69) is 131 Å². The van der Waals surface area contributed by atoms with Crippen molar-refractivity contribution in [1.29, 1.82) is 0 Å². The molecule has 8 aliphatic rings. The molecule has 20 nitrogen and oxygen atoms in total. The van der Waals surface area contributed by atoms with Crippen LogP contribution in [0.3, 0.4) is 0 Å². The van der Waals surface area contributed by atoms with Gasteiger partial charge in [-0.1, -0.05) is 212 Å². The number of nitrogens with one attached hydrogen (secondary N) is 10. The molecule has 0 amide bonds. The molecule has 124 heavy (non-hydrogen) atoms. The van der Waals surface area contributed by atoms with Crippen LogP contribution >= 0.6 is 0 Å². The maximum atomic E-state index is 11.8. The summed E-state index contributed by atoms with van der Waals surface area (Å²) in [5.74, 6) is 8.95. The highest BCUT2D eigenvalue weighted by Gasteiger charge is 2.55. The molecule has 8 fully saturated rings. The molecule has 10 N–H and O–H groups in total. The van der Waals surface area contributed by atoms with E-state index in [1.165, 1.54) is 184 Å². The van der Waals surface area contributed by atoms with Crippen molar-refractivity contribution in [3.63, 3.8) is 0 Å². The van der Waals surface area contributed by atoms with Gasteiger partial charge in [0.05, 0.1) is 60.4 Å². The highest BCUT2D eigenvalue weighted by Crippen LogP contribution is 2.61. The quantitative estimate of drug-likeness (QED) is 0.0299. The fourth-order valence-corrected chi connectivity index (χ4v) is 20.5. The van der Waals surface area contributed by atoms with Crippen LogP contribution in [0.2, 0.25) is 0 Å². The van der Waals surface area contributed by atoms with Crippen LogP contribution in [0.25, 0.3) is 11.1 Å². The third kappa shape index (κ3) is 48.9. The number of hydrogen-bond donors (Lipinski definition) is 10. The lowest BCUT2D eigenvalue weighted by Gasteiger charge is -2.59. The molecule has 10 atom stereocenters. The third-order valence-electron chi connectivity index (χ3n) is 27.2. The predicted octanol–water partition coefficient (Wildman–Crippen LogP) is 17.9. The van der Waals surface area contributed by atoms with E-state index in [0.29, 0.717) is 40.5 Å². The number of likely N-dealkylation sites (N-methyl/N-ethyl adjacent to an activating group) is 10. The molecule has 0 aliphatic heterocycles. The molecule has 0 aromatic heterocycles. The summed E-state index contributed by atoms with van der Waals surface area (Å²) in [7, 11) is 18.6. The van der Waals surface area contributed by atoms with Crippen LogP contribution in [-0.4, -0.2) is 189 Å². The maximum Gasteiger partial charge on any atom is 0.147 e. The Morgan fingerprint density at radius 2 is 0.726 bits per heavy atom. The first-order valence-corrected chi connectivity index (χ1v) is 48.6. The smallest absolute Gasteiger partial charge is 0.147 e. The average molecular weight is 1740 g/mol. The van der Waals surface area contributed by atoms with E-state index in [-0.39, 0.29) is 106 Å². The Hall–Kier alpha value is -5.26. The summed E-state index contributed by atoms with van der Waals surface area (Å²) in [6.07, 6.45) is 43.7. The number of benzene rings is 2. The van der Waals surface area contributed by atoms with Crippen molar-refractivity contribution in [2.75, 3.05) is 70.5 Å². The standard InChI is InChI=1S/C17H19NO.C14H23NO.C12H23NO.C11H21NO.C10H19NO.C9H17NO.C9H19NO.2C8H17NO.C6H13NO/c1-13(19)17(18-2)12-14-8-10-16(11-9-14)15-6-4-3-5-7-15;1-9(16)13(15-2)14-6-10-3-11(7-14)5-12(4-10)8-14;1-10(14)12(13-2)9-8-11-6-4-3-5-7-11;1-9(13)11(12-2)8-10-6-4-3-5-7-10;1-8(12)10(11-2)9-6-4-3-5-7-9;1-7(11)9(10-2)8-5-3-4-6-8;1-7(2)5-6-9(10-4)8(3)11;1-6(10)7(9-5)8(2,3)4;1-4-5-6-8(9-3)7(2)10;1-4-6(7-3)5(2)8/h3-11,17-18H,12H2,1-2H3;10-13,15H,3-8H2,1-2H3;11-13H,3-9H2,1-2H3;10-12H,3-8H2,1-2H3;9-11H,3-7H2,1-2H3;8-10H,3-6H2,1-2H3;7,9-10H,5-6H2,1-4H3;7,9H,1-5H3;8-9H,4-6H2,1-3H3;6-7H,4H2,1-3H3/t17-;10?,11?,12?,13-,14?;12-;11-;10-;2*9-;7-;8-;6-/m0100110100/s1.